The van der Waals surface area contributed by atoms with Crippen molar-refractivity contribution >= 4 is 34.0 Å². The van der Waals surface area contributed by atoms with E-state index in [0.717, 1.165) is 49.9 Å². The molecule has 1 aromatic heterocycles. The summed E-state index contributed by atoms with van der Waals surface area (Å²) in [4.78, 5) is 33.4. The van der Waals surface area contributed by atoms with Crippen LogP contribution >= 0.6 is 11.3 Å². The summed E-state index contributed by atoms with van der Waals surface area (Å²) in [5.41, 5.74) is 2.33. The van der Waals surface area contributed by atoms with Gasteiger partial charge in [-0.1, -0.05) is 13.0 Å². The molecule has 2 aliphatic rings. The second-order valence-electron chi connectivity index (χ2n) is 7.78. The maximum absolute atomic E-state index is 12.6. The molecule has 3 heterocycles. The molecule has 1 aromatic carbocycles. The molecule has 2 amide bonds. The van der Waals surface area contributed by atoms with Gasteiger partial charge in [0.05, 0.1) is 5.69 Å². The Labute approximate surface area is 169 Å². The molecule has 0 aliphatic carbocycles. The number of thiazole rings is 1. The number of rotatable bonds is 5. The molecule has 2 saturated heterocycles. The van der Waals surface area contributed by atoms with Crippen LogP contribution in [0, 0.1) is 5.92 Å². The van der Waals surface area contributed by atoms with E-state index in [1.807, 2.05) is 17.5 Å². The Morgan fingerprint density at radius 2 is 2.21 bits per heavy atom. The van der Waals surface area contributed by atoms with Crippen LogP contribution in [0.1, 0.15) is 48.7 Å². The molecule has 0 spiro atoms. The number of anilines is 2. The van der Waals surface area contributed by atoms with Crippen LogP contribution in [0.4, 0.5) is 10.8 Å². The predicted octanol–water partition coefficient (Wildman–Crippen LogP) is 3.75. The van der Waals surface area contributed by atoms with Gasteiger partial charge in [0.1, 0.15) is 0 Å². The number of piperidine rings is 1. The summed E-state index contributed by atoms with van der Waals surface area (Å²) in [5, 5.41) is 5.54. The Morgan fingerprint density at radius 1 is 1.32 bits per heavy atom. The highest BCUT2D eigenvalue weighted by molar-refractivity contribution is 7.14. The molecular weight excluding hydrogens is 372 g/mol. The molecular formula is C21H26N4O2S. The van der Waals surface area contributed by atoms with Gasteiger partial charge in [-0.05, 0) is 49.9 Å². The van der Waals surface area contributed by atoms with Gasteiger partial charge in [0.15, 0.2) is 5.13 Å². The second kappa shape index (κ2) is 8.41. The van der Waals surface area contributed by atoms with Crippen LogP contribution in [0.25, 0.3) is 0 Å². The minimum atomic E-state index is -0.194. The smallest absolute Gasteiger partial charge is 0.257 e. The molecule has 28 heavy (non-hydrogen) atoms. The quantitative estimate of drug-likeness (QED) is 0.833. The molecule has 7 heteroatoms. The molecule has 148 valence electrons. The van der Waals surface area contributed by atoms with E-state index in [4.69, 9.17) is 0 Å². The highest BCUT2D eigenvalue weighted by Gasteiger charge is 2.22. The lowest BCUT2D eigenvalue weighted by Gasteiger charge is -2.30. The van der Waals surface area contributed by atoms with Crippen molar-refractivity contribution in [1.29, 1.82) is 0 Å². The van der Waals surface area contributed by atoms with Crippen LogP contribution in [0.5, 0.6) is 0 Å². The lowest BCUT2D eigenvalue weighted by molar-refractivity contribution is -0.117. The molecule has 4 rings (SSSR count). The van der Waals surface area contributed by atoms with E-state index >= 15 is 0 Å². The fourth-order valence-corrected chi connectivity index (χ4v) is 4.70. The van der Waals surface area contributed by atoms with Gasteiger partial charge in [-0.15, -0.1) is 11.3 Å². The number of aromatic nitrogens is 1. The maximum Gasteiger partial charge on any atom is 0.257 e. The predicted molar refractivity (Wildman–Crippen MR) is 112 cm³/mol. The number of nitrogens with zero attached hydrogens (tertiary/aromatic N) is 3. The van der Waals surface area contributed by atoms with Crippen molar-refractivity contribution < 1.29 is 9.59 Å². The third-order valence-corrected chi connectivity index (χ3v) is 6.20. The largest absolute Gasteiger partial charge is 0.312 e. The Bertz CT molecular complexity index is 866. The lowest BCUT2D eigenvalue weighted by Crippen LogP contribution is -2.33. The number of carbonyl (C=O) groups excluding carboxylic acids is 2. The molecule has 0 saturated carbocycles. The third kappa shape index (κ3) is 4.42. The van der Waals surface area contributed by atoms with Gasteiger partial charge in [0.2, 0.25) is 5.91 Å². The summed E-state index contributed by atoms with van der Waals surface area (Å²) in [5.74, 6) is 0.663. The zero-order valence-electron chi connectivity index (χ0n) is 16.2. The first kappa shape index (κ1) is 19.1. The lowest BCUT2D eigenvalue weighted by atomic mass is 10.0. The molecule has 2 aromatic rings. The summed E-state index contributed by atoms with van der Waals surface area (Å²) in [6.07, 6.45) is 3.99. The number of nitrogens with one attached hydrogen (secondary N) is 1. The molecule has 0 bridgehead atoms. The van der Waals surface area contributed by atoms with E-state index in [1.54, 1.807) is 17.0 Å². The normalized spacial score (nSPS) is 20.5. The number of carbonyl (C=O) groups is 2. The van der Waals surface area contributed by atoms with Crippen molar-refractivity contribution in [3.8, 4) is 0 Å². The van der Waals surface area contributed by atoms with E-state index in [-0.39, 0.29) is 11.8 Å². The Kier molecular flexibility index (Phi) is 5.73. The van der Waals surface area contributed by atoms with E-state index in [9.17, 15) is 9.59 Å². The zero-order chi connectivity index (χ0) is 19.5. The van der Waals surface area contributed by atoms with Crippen LogP contribution in [0.15, 0.2) is 29.6 Å². The molecule has 0 radical (unpaired) electrons. The van der Waals surface area contributed by atoms with Crippen LogP contribution in [0.3, 0.4) is 0 Å². The van der Waals surface area contributed by atoms with Gasteiger partial charge in [0.25, 0.3) is 5.91 Å². The molecule has 1 atom stereocenters. The highest BCUT2D eigenvalue weighted by atomic mass is 32.1. The van der Waals surface area contributed by atoms with Gasteiger partial charge in [-0.3, -0.25) is 19.8 Å². The van der Waals surface area contributed by atoms with E-state index in [2.05, 4.69) is 22.1 Å². The minimum Gasteiger partial charge on any atom is -0.312 e. The maximum atomic E-state index is 12.6. The monoisotopic (exact) mass is 398 g/mol. The average molecular weight is 399 g/mol. The Hall–Kier alpha value is -2.25. The molecule has 1 unspecified atom stereocenters. The average Bonchev–Trinajstić information content (AvgIpc) is 3.30. The Balaban J connectivity index is 1.39. The van der Waals surface area contributed by atoms with Gasteiger partial charge >= 0.3 is 0 Å². The van der Waals surface area contributed by atoms with Crippen molar-refractivity contribution in [2.24, 2.45) is 5.92 Å². The van der Waals surface area contributed by atoms with Gasteiger partial charge in [0, 0.05) is 42.7 Å². The second-order valence-corrected chi connectivity index (χ2v) is 8.64. The van der Waals surface area contributed by atoms with Crippen LogP contribution in [-0.4, -0.2) is 41.3 Å². The summed E-state index contributed by atoms with van der Waals surface area (Å²) < 4.78 is 0. The van der Waals surface area contributed by atoms with Gasteiger partial charge in [-0.2, -0.15) is 0 Å². The van der Waals surface area contributed by atoms with Crippen molar-refractivity contribution in [1.82, 2.24) is 9.88 Å². The van der Waals surface area contributed by atoms with Crippen molar-refractivity contribution in [2.45, 2.75) is 39.2 Å². The fourth-order valence-electron chi connectivity index (χ4n) is 4.00. The Morgan fingerprint density at radius 3 is 3.00 bits per heavy atom. The first-order valence-electron chi connectivity index (χ1n) is 9.97. The molecule has 6 nitrogen and oxygen atoms in total. The van der Waals surface area contributed by atoms with Crippen molar-refractivity contribution in [3.63, 3.8) is 0 Å². The van der Waals surface area contributed by atoms with E-state index in [0.29, 0.717) is 17.1 Å². The topological polar surface area (TPSA) is 65.5 Å². The fraction of sp³-hybridized carbons (Fsp3) is 0.476. The van der Waals surface area contributed by atoms with Crippen molar-refractivity contribution in [3.05, 3.63) is 40.9 Å². The van der Waals surface area contributed by atoms with E-state index in [1.165, 1.54) is 24.2 Å². The molecule has 2 fully saturated rings. The number of amides is 2. The van der Waals surface area contributed by atoms with E-state index < -0.39 is 0 Å². The first-order valence-corrected chi connectivity index (χ1v) is 10.8. The van der Waals surface area contributed by atoms with Crippen molar-refractivity contribution in [2.75, 3.05) is 29.9 Å². The highest BCUT2D eigenvalue weighted by Crippen LogP contribution is 2.24. The third-order valence-electron chi connectivity index (χ3n) is 5.39. The summed E-state index contributed by atoms with van der Waals surface area (Å²) in [6.45, 7) is 6.08. The first-order chi connectivity index (χ1) is 13.6. The number of hydrogen-bond acceptors (Lipinski definition) is 5. The number of benzene rings is 1. The minimum absolute atomic E-state index is 0.120. The summed E-state index contributed by atoms with van der Waals surface area (Å²) in [7, 11) is 0. The van der Waals surface area contributed by atoms with Crippen LogP contribution in [-0.2, 0) is 11.3 Å². The summed E-state index contributed by atoms with van der Waals surface area (Å²) in [6, 6.07) is 7.24. The van der Waals surface area contributed by atoms with Crippen LogP contribution in [0.2, 0.25) is 0 Å². The zero-order valence-corrected chi connectivity index (χ0v) is 17.0. The number of likely N-dealkylation sites (tertiary alicyclic amines) is 1. The molecule has 1 N–H and O–H groups in total. The number of hydrogen-bond donors (Lipinski definition) is 1. The standard InChI is InChI=1S/C21H26N4O2S/c1-15-5-3-9-24(12-15)13-17-14-28-21(22-17)23-20(27)16-6-2-7-18(11-16)25-10-4-8-19(25)26/h2,6-7,11,14-15H,3-5,8-10,12-13H2,1H3,(H,22,23,27). The summed E-state index contributed by atoms with van der Waals surface area (Å²) >= 11 is 1.46. The van der Waals surface area contributed by atoms with Gasteiger partial charge in [-0.25, -0.2) is 4.98 Å². The molecule has 2 aliphatic heterocycles. The SMILES string of the molecule is CC1CCCN(Cc2csc(NC(=O)c3cccc(N4CCCC4=O)c3)n2)C1. The van der Waals surface area contributed by atoms with Crippen LogP contribution < -0.4 is 10.2 Å². The van der Waals surface area contributed by atoms with Gasteiger partial charge < -0.3 is 4.90 Å².